The van der Waals surface area contributed by atoms with Gasteiger partial charge in [-0.3, -0.25) is 9.59 Å². The van der Waals surface area contributed by atoms with Crippen LogP contribution >= 0.6 is 0 Å². The summed E-state index contributed by atoms with van der Waals surface area (Å²) in [7, 11) is 1.64. The summed E-state index contributed by atoms with van der Waals surface area (Å²) in [5, 5.41) is 6.51. The second kappa shape index (κ2) is 9.22. The van der Waals surface area contributed by atoms with E-state index in [1.807, 2.05) is 29.2 Å². The number of carbonyl (C=O) groups excluding carboxylic acids is 2. The molecular formula is C21H31N3O3. The molecule has 0 radical (unpaired) electrons. The minimum atomic E-state index is -0.336. The van der Waals surface area contributed by atoms with E-state index in [0.717, 1.165) is 50.1 Å². The minimum absolute atomic E-state index is 0.00932. The van der Waals surface area contributed by atoms with Crippen LogP contribution < -0.4 is 15.4 Å². The number of piperidine rings is 1. The van der Waals surface area contributed by atoms with Crippen LogP contribution in [0.3, 0.4) is 0 Å². The molecule has 2 aliphatic heterocycles. The molecule has 0 aromatic heterocycles. The number of hydrogen-bond donors (Lipinski definition) is 2. The van der Waals surface area contributed by atoms with Crippen molar-refractivity contribution in [1.29, 1.82) is 0 Å². The second-order valence-electron chi connectivity index (χ2n) is 7.50. The van der Waals surface area contributed by atoms with Crippen molar-refractivity contribution in [3.05, 3.63) is 29.8 Å². The molecule has 2 amide bonds. The van der Waals surface area contributed by atoms with Gasteiger partial charge in [0.2, 0.25) is 11.8 Å². The molecule has 6 heteroatoms. The number of nitrogens with one attached hydrogen (secondary N) is 2. The fourth-order valence-electron chi connectivity index (χ4n) is 4.11. The molecule has 2 fully saturated rings. The average molecular weight is 373 g/mol. The Morgan fingerprint density at radius 3 is 2.59 bits per heavy atom. The Kier molecular flexibility index (Phi) is 6.72. The highest BCUT2D eigenvalue weighted by atomic mass is 16.5. The predicted octanol–water partition coefficient (Wildman–Crippen LogP) is 2.25. The molecule has 6 nitrogen and oxygen atoms in total. The summed E-state index contributed by atoms with van der Waals surface area (Å²) >= 11 is 0. The molecule has 1 aromatic carbocycles. The summed E-state index contributed by atoms with van der Waals surface area (Å²) in [6, 6.07) is 7.76. The van der Waals surface area contributed by atoms with Gasteiger partial charge in [0, 0.05) is 19.0 Å². The molecule has 2 N–H and O–H groups in total. The minimum Gasteiger partial charge on any atom is -0.497 e. The van der Waals surface area contributed by atoms with E-state index in [0.29, 0.717) is 6.54 Å². The number of carbonyl (C=O) groups is 2. The smallest absolute Gasteiger partial charge is 0.226 e. The van der Waals surface area contributed by atoms with E-state index >= 15 is 0 Å². The topological polar surface area (TPSA) is 70.7 Å². The van der Waals surface area contributed by atoms with Crippen molar-refractivity contribution in [2.24, 2.45) is 5.92 Å². The van der Waals surface area contributed by atoms with Crippen LogP contribution in [0.1, 0.15) is 50.6 Å². The number of hydrogen-bond acceptors (Lipinski definition) is 4. The lowest BCUT2D eigenvalue weighted by molar-refractivity contribution is -0.129. The van der Waals surface area contributed by atoms with Crippen LogP contribution in [-0.4, -0.2) is 49.5 Å². The molecule has 2 heterocycles. The number of rotatable bonds is 7. The van der Waals surface area contributed by atoms with Crippen molar-refractivity contribution >= 4 is 11.8 Å². The maximum absolute atomic E-state index is 13.1. The van der Waals surface area contributed by atoms with Gasteiger partial charge < -0.3 is 20.3 Å². The number of amides is 2. The van der Waals surface area contributed by atoms with Crippen molar-refractivity contribution in [2.45, 2.75) is 51.1 Å². The monoisotopic (exact) mass is 373 g/mol. The molecule has 0 aliphatic carbocycles. The lowest BCUT2D eigenvalue weighted by atomic mass is 9.92. The summed E-state index contributed by atoms with van der Waals surface area (Å²) in [5.74, 6) is 0.529. The van der Waals surface area contributed by atoms with E-state index in [-0.39, 0.29) is 36.2 Å². The van der Waals surface area contributed by atoms with Crippen LogP contribution in [-0.2, 0) is 9.59 Å². The van der Waals surface area contributed by atoms with E-state index in [4.69, 9.17) is 4.74 Å². The van der Waals surface area contributed by atoms with Crippen LogP contribution in [0.5, 0.6) is 5.75 Å². The van der Waals surface area contributed by atoms with Gasteiger partial charge in [-0.1, -0.05) is 25.5 Å². The van der Waals surface area contributed by atoms with E-state index in [1.54, 1.807) is 7.11 Å². The van der Waals surface area contributed by atoms with Crippen LogP contribution in [0.2, 0.25) is 0 Å². The number of likely N-dealkylation sites (tertiary alicyclic amines) is 1. The first-order valence-electron chi connectivity index (χ1n) is 10.1. The molecule has 3 rings (SSSR count). The lowest BCUT2D eigenvalue weighted by Crippen LogP contribution is -2.45. The zero-order valence-electron chi connectivity index (χ0n) is 16.4. The Labute approximate surface area is 161 Å². The molecule has 2 unspecified atom stereocenters. The summed E-state index contributed by atoms with van der Waals surface area (Å²) < 4.78 is 5.25. The molecule has 0 bridgehead atoms. The van der Waals surface area contributed by atoms with Gasteiger partial charge in [0.1, 0.15) is 5.75 Å². The van der Waals surface area contributed by atoms with E-state index < -0.39 is 0 Å². The molecule has 2 saturated heterocycles. The lowest BCUT2D eigenvalue weighted by Gasteiger charge is -2.30. The number of nitrogens with zero attached hydrogens (tertiary/aromatic N) is 1. The third-order valence-corrected chi connectivity index (χ3v) is 5.66. The van der Waals surface area contributed by atoms with Crippen LogP contribution in [0.4, 0.5) is 0 Å². The van der Waals surface area contributed by atoms with Gasteiger partial charge in [-0.15, -0.1) is 0 Å². The van der Waals surface area contributed by atoms with Crippen molar-refractivity contribution < 1.29 is 14.3 Å². The van der Waals surface area contributed by atoms with Gasteiger partial charge in [-0.05, 0) is 50.0 Å². The zero-order valence-corrected chi connectivity index (χ0v) is 16.4. The molecule has 2 aliphatic rings. The molecule has 0 saturated carbocycles. The fraction of sp³-hybridized carbons (Fsp3) is 0.619. The standard InChI is InChI=1S/C21H31N3O3/c1-3-4-13-24-19(25)14-18(21(26)23-16-9-11-22-12-10-16)20(24)15-5-7-17(27-2)8-6-15/h5-8,16,18,20,22H,3-4,9-14H2,1-2H3,(H,23,26). The van der Waals surface area contributed by atoms with E-state index in [2.05, 4.69) is 17.6 Å². The number of benzene rings is 1. The Bertz CT molecular complexity index is 641. The highest BCUT2D eigenvalue weighted by Crippen LogP contribution is 2.39. The van der Waals surface area contributed by atoms with Crippen LogP contribution in [0.15, 0.2) is 24.3 Å². The van der Waals surface area contributed by atoms with Crippen LogP contribution in [0, 0.1) is 5.92 Å². The second-order valence-corrected chi connectivity index (χ2v) is 7.50. The van der Waals surface area contributed by atoms with E-state index in [1.165, 1.54) is 0 Å². The molecule has 27 heavy (non-hydrogen) atoms. The third kappa shape index (κ3) is 4.61. The van der Waals surface area contributed by atoms with Crippen LogP contribution in [0.25, 0.3) is 0 Å². The van der Waals surface area contributed by atoms with Gasteiger partial charge in [0.25, 0.3) is 0 Å². The maximum atomic E-state index is 13.1. The highest BCUT2D eigenvalue weighted by molar-refractivity contribution is 5.90. The van der Waals surface area contributed by atoms with Crippen molar-refractivity contribution in [1.82, 2.24) is 15.5 Å². The Balaban J connectivity index is 1.80. The first-order valence-corrected chi connectivity index (χ1v) is 10.1. The molecule has 148 valence electrons. The number of unbranched alkanes of at least 4 members (excludes halogenated alkanes) is 1. The summed E-state index contributed by atoms with van der Waals surface area (Å²) in [5.41, 5.74) is 1.00. The highest BCUT2D eigenvalue weighted by Gasteiger charge is 2.44. The SMILES string of the molecule is CCCCN1C(=O)CC(C(=O)NC2CCNCC2)C1c1ccc(OC)cc1. The molecular weight excluding hydrogens is 342 g/mol. The summed E-state index contributed by atoms with van der Waals surface area (Å²) in [4.78, 5) is 27.7. The molecule has 2 atom stereocenters. The van der Waals surface area contributed by atoms with E-state index in [9.17, 15) is 9.59 Å². The Morgan fingerprint density at radius 1 is 1.26 bits per heavy atom. The van der Waals surface area contributed by atoms with Gasteiger partial charge in [-0.25, -0.2) is 0 Å². The van der Waals surface area contributed by atoms with Gasteiger partial charge in [-0.2, -0.15) is 0 Å². The predicted molar refractivity (Wildman–Crippen MR) is 104 cm³/mol. The van der Waals surface area contributed by atoms with Gasteiger partial charge in [0.15, 0.2) is 0 Å². The fourth-order valence-corrected chi connectivity index (χ4v) is 4.11. The zero-order chi connectivity index (χ0) is 19.2. The van der Waals surface area contributed by atoms with Crippen molar-refractivity contribution in [2.75, 3.05) is 26.7 Å². The maximum Gasteiger partial charge on any atom is 0.226 e. The van der Waals surface area contributed by atoms with Crippen molar-refractivity contribution in [3.8, 4) is 5.75 Å². The molecule has 1 aromatic rings. The van der Waals surface area contributed by atoms with Gasteiger partial charge >= 0.3 is 0 Å². The van der Waals surface area contributed by atoms with Gasteiger partial charge in [0.05, 0.1) is 19.1 Å². The number of ether oxygens (including phenoxy) is 1. The first kappa shape index (κ1) is 19.7. The Morgan fingerprint density at radius 2 is 1.96 bits per heavy atom. The quantitative estimate of drug-likeness (QED) is 0.769. The van der Waals surface area contributed by atoms with Crippen molar-refractivity contribution in [3.63, 3.8) is 0 Å². The molecule has 0 spiro atoms. The third-order valence-electron chi connectivity index (χ3n) is 5.66. The number of methoxy groups -OCH3 is 1. The normalized spacial score (nSPS) is 23.5. The summed E-state index contributed by atoms with van der Waals surface area (Å²) in [6.45, 7) is 4.67. The first-order chi connectivity index (χ1) is 13.1. The average Bonchev–Trinajstić information content (AvgIpc) is 3.03. The Hall–Kier alpha value is -2.08. The summed E-state index contributed by atoms with van der Waals surface area (Å²) in [6.07, 6.45) is 4.14. The largest absolute Gasteiger partial charge is 0.497 e.